The molecule has 2 aromatic rings. The second kappa shape index (κ2) is 4.14. The molecule has 5 heteroatoms. The van der Waals surface area contributed by atoms with Gasteiger partial charge in [-0.15, -0.1) is 0 Å². The van der Waals surface area contributed by atoms with Crippen LogP contribution >= 0.6 is 0 Å². The first kappa shape index (κ1) is 10.4. The van der Waals surface area contributed by atoms with E-state index < -0.39 is 5.97 Å². The van der Waals surface area contributed by atoms with Gasteiger partial charge in [-0.3, -0.25) is 0 Å². The number of hydrogen-bond acceptors (Lipinski definition) is 3. The zero-order chi connectivity index (χ0) is 11.5. The van der Waals surface area contributed by atoms with Crippen LogP contribution in [0.15, 0.2) is 34.9 Å². The predicted octanol–water partition coefficient (Wildman–Crippen LogP) is 2.10. The van der Waals surface area contributed by atoms with Gasteiger partial charge in [-0.05, 0) is 17.7 Å². The fraction of sp³-hybridized carbons (Fsp3) is 0.0909. The van der Waals surface area contributed by atoms with E-state index in [1.807, 2.05) is 0 Å². The van der Waals surface area contributed by atoms with Crippen molar-refractivity contribution in [2.45, 2.75) is 6.42 Å². The van der Waals surface area contributed by atoms with Crippen molar-refractivity contribution in [1.29, 1.82) is 0 Å². The third-order valence-electron chi connectivity index (χ3n) is 2.07. The fourth-order valence-electron chi connectivity index (χ4n) is 1.30. The third-order valence-corrected chi connectivity index (χ3v) is 2.07. The SMILES string of the molecule is O=C(O)c1cc(Cc2ccc(F)cc2)on1. The van der Waals surface area contributed by atoms with Crippen molar-refractivity contribution in [1.82, 2.24) is 5.16 Å². The Kier molecular flexibility index (Phi) is 2.68. The third kappa shape index (κ3) is 2.25. The number of aromatic nitrogens is 1. The highest BCUT2D eigenvalue weighted by Crippen LogP contribution is 2.11. The summed E-state index contributed by atoms with van der Waals surface area (Å²) in [7, 11) is 0. The number of carboxylic acid groups (broad SMARTS) is 1. The van der Waals surface area contributed by atoms with Gasteiger partial charge in [0.25, 0.3) is 0 Å². The van der Waals surface area contributed by atoms with Crippen molar-refractivity contribution in [3.63, 3.8) is 0 Å². The Balaban J connectivity index is 2.14. The smallest absolute Gasteiger partial charge is 0.358 e. The fourth-order valence-corrected chi connectivity index (χ4v) is 1.30. The lowest BCUT2D eigenvalue weighted by molar-refractivity contribution is 0.0685. The Hall–Kier alpha value is -2.17. The summed E-state index contributed by atoms with van der Waals surface area (Å²) in [6.45, 7) is 0. The lowest BCUT2D eigenvalue weighted by Gasteiger charge is -1.96. The molecule has 1 aromatic heterocycles. The molecule has 0 fully saturated rings. The molecule has 0 spiro atoms. The largest absolute Gasteiger partial charge is 0.476 e. The van der Waals surface area contributed by atoms with E-state index in [-0.39, 0.29) is 11.5 Å². The highest BCUT2D eigenvalue weighted by molar-refractivity contribution is 5.85. The van der Waals surface area contributed by atoms with Crippen molar-refractivity contribution in [3.8, 4) is 0 Å². The topological polar surface area (TPSA) is 63.3 Å². The number of carboxylic acids is 1. The first-order chi connectivity index (χ1) is 7.65. The molecule has 0 bridgehead atoms. The Morgan fingerprint density at radius 2 is 2.06 bits per heavy atom. The quantitative estimate of drug-likeness (QED) is 0.862. The van der Waals surface area contributed by atoms with E-state index in [0.717, 1.165) is 5.56 Å². The summed E-state index contributed by atoms with van der Waals surface area (Å²) < 4.78 is 17.5. The zero-order valence-corrected chi connectivity index (χ0v) is 8.18. The molecule has 0 aliphatic carbocycles. The lowest BCUT2D eigenvalue weighted by Crippen LogP contribution is -1.94. The molecule has 4 nitrogen and oxygen atoms in total. The van der Waals surface area contributed by atoms with Gasteiger partial charge < -0.3 is 9.63 Å². The Morgan fingerprint density at radius 3 is 2.62 bits per heavy atom. The first-order valence-electron chi connectivity index (χ1n) is 4.58. The summed E-state index contributed by atoms with van der Waals surface area (Å²) in [5.41, 5.74) is 0.701. The number of benzene rings is 1. The number of aromatic carboxylic acids is 1. The summed E-state index contributed by atoms with van der Waals surface area (Å²) in [6.07, 6.45) is 0.389. The van der Waals surface area contributed by atoms with Gasteiger partial charge in [0.2, 0.25) is 0 Å². The van der Waals surface area contributed by atoms with E-state index in [9.17, 15) is 9.18 Å². The van der Waals surface area contributed by atoms with Crippen molar-refractivity contribution in [2.24, 2.45) is 0 Å². The molecule has 0 unspecified atom stereocenters. The van der Waals surface area contributed by atoms with Crippen LogP contribution in [-0.4, -0.2) is 16.2 Å². The molecule has 1 aromatic carbocycles. The standard InChI is InChI=1S/C11H8FNO3/c12-8-3-1-7(2-4-8)5-9-6-10(11(14)15)13-16-9/h1-4,6H,5H2,(H,14,15). The van der Waals surface area contributed by atoms with Gasteiger partial charge in [0.05, 0.1) is 0 Å². The number of hydrogen-bond donors (Lipinski definition) is 1. The van der Waals surface area contributed by atoms with Gasteiger partial charge in [-0.1, -0.05) is 17.3 Å². The first-order valence-corrected chi connectivity index (χ1v) is 4.58. The molecule has 0 aliphatic heterocycles. The normalized spacial score (nSPS) is 10.3. The summed E-state index contributed by atoms with van der Waals surface area (Å²) in [5, 5.41) is 12.0. The maximum atomic E-state index is 12.6. The van der Waals surface area contributed by atoms with Crippen LogP contribution in [0.3, 0.4) is 0 Å². The molecule has 0 aliphatic rings. The van der Waals surface area contributed by atoms with Crippen LogP contribution in [0.2, 0.25) is 0 Å². The average molecular weight is 221 g/mol. The Labute approximate surface area is 90.3 Å². The van der Waals surface area contributed by atoms with Gasteiger partial charge in [-0.25, -0.2) is 9.18 Å². The summed E-state index contributed by atoms with van der Waals surface area (Å²) in [6, 6.07) is 7.25. The number of halogens is 1. The highest BCUT2D eigenvalue weighted by atomic mass is 19.1. The van der Waals surface area contributed by atoms with E-state index in [1.165, 1.54) is 18.2 Å². The average Bonchev–Trinajstić information content (AvgIpc) is 2.70. The Morgan fingerprint density at radius 1 is 1.38 bits per heavy atom. The minimum Gasteiger partial charge on any atom is -0.476 e. The molecule has 0 amide bonds. The van der Waals surface area contributed by atoms with Crippen molar-refractivity contribution < 1.29 is 18.8 Å². The van der Waals surface area contributed by atoms with Gasteiger partial charge in [-0.2, -0.15) is 0 Å². The van der Waals surface area contributed by atoms with Gasteiger partial charge >= 0.3 is 5.97 Å². The molecule has 1 heterocycles. The molecule has 82 valence electrons. The number of nitrogens with zero attached hydrogens (tertiary/aromatic N) is 1. The summed E-state index contributed by atoms with van der Waals surface area (Å²) in [4.78, 5) is 10.5. The molecule has 0 atom stereocenters. The van der Waals surface area contributed by atoms with Crippen LogP contribution < -0.4 is 0 Å². The van der Waals surface area contributed by atoms with Gasteiger partial charge in [0.1, 0.15) is 11.6 Å². The van der Waals surface area contributed by atoms with Crippen molar-refractivity contribution >= 4 is 5.97 Å². The summed E-state index contributed by atoms with van der Waals surface area (Å²) in [5.74, 6) is -1.01. The van der Waals surface area contributed by atoms with Crippen molar-refractivity contribution in [3.05, 3.63) is 53.2 Å². The molecule has 0 saturated carbocycles. The molecule has 16 heavy (non-hydrogen) atoms. The van der Waals surface area contributed by atoms with Crippen LogP contribution in [0.5, 0.6) is 0 Å². The summed E-state index contributed by atoms with van der Waals surface area (Å²) >= 11 is 0. The van der Waals surface area contributed by atoms with E-state index in [0.29, 0.717) is 12.2 Å². The minimum atomic E-state index is -1.13. The minimum absolute atomic E-state index is 0.128. The second-order valence-corrected chi connectivity index (χ2v) is 3.29. The molecule has 0 saturated heterocycles. The predicted molar refractivity (Wildman–Crippen MR) is 52.7 cm³/mol. The number of carbonyl (C=O) groups is 1. The highest BCUT2D eigenvalue weighted by Gasteiger charge is 2.10. The molecule has 1 N–H and O–H groups in total. The molecule has 0 radical (unpaired) electrons. The van der Waals surface area contributed by atoms with Gasteiger partial charge in [0.15, 0.2) is 5.69 Å². The van der Waals surface area contributed by atoms with Crippen LogP contribution in [0, 0.1) is 5.82 Å². The van der Waals surface area contributed by atoms with E-state index in [2.05, 4.69) is 5.16 Å². The van der Waals surface area contributed by atoms with Gasteiger partial charge in [0, 0.05) is 12.5 Å². The second-order valence-electron chi connectivity index (χ2n) is 3.29. The van der Waals surface area contributed by atoms with E-state index >= 15 is 0 Å². The molecule has 2 rings (SSSR count). The van der Waals surface area contributed by atoms with Crippen LogP contribution in [0.4, 0.5) is 4.39 Å². The van der Waals surface area contributed by atoms with E-state index in [1.54, 1.807) is 12.1 Å². The monoisotopic (exact) mass is 221 g/mol. The zero-order valence-electron chi connectivity index (χ0n) is 8.18. The molecular formula is C11H8FNO3. The number of rotatable bonds is 3. The van der Waals surface area contributed by atoms with Crippen LogP contribution in [0.25, 0.3) is 0 Å². The Bertz CT molecular complexity index is 504. The van der Waals surface area contributed by atoms with Crippen LogP contribution in [-0.2, 0) is 6.42 Å². The maximum Gasteiger partial charge on any atom is 0.358 e. The lowest BCUT2D eigenvalue weighted by atomic mass is 10.1. The molecular weight excluding hydrogens is 213 g/mol. The maximum absolute atomic E-state index is 12.6. The van der Waals surface area contributed by atoms with Crippen molar-refractivity contribution in [2.75, 3.05) is 0 Å². The van der Waals surface area contributed by atoms with Crippen LogP contribution in [0.1, 0.15) is 21.8 Å². The van der Waals surface area contributed by atoms with E-state index in [4.69, 9.17) is 9.63 Å².